The lowest BCUT2D eigenvalue weighted by Crippen LogP contribution is -2.56. The average Bonchev–Trinajstić information content (AvgIpc) is 2.30. The van der Waals surface area contributed by atoms with Gasteiger partial charge in [-0.2, -0.15) is 0 Å². The maximum Gasteiger partial charge on any atom is 0.324 e. The lowest BCUT2D eigenvalue weighted by molar-refractivity contribution is -0.147. The molecule has 100 valence electrons. The van der Waals surface area contributed by atoms with E-state index in [9.17, 15) is 4.79 Å². The Bertz CT molecular complexity index is 238. The number of carbonyl (C=O) groups is 1. The number of ether oxygens (including phenoxy) is 1. The first-order chi connectivity index (χ1) is 8.07. The molecule has 0 aromatic carbocycles. The second-order valence-corrected chi connectivity index (χ2v) is 5.11. The Morgan fingerprint density at radius 2 is 1.88 bits per heavy atom. The van der Waals surface area contributed by atoms with Crippen LogP contribution in [-0.4, -0.2) is 42.6 Å². The quantitative estimate of drug-likeness (QED) is 0.740. The van der Waals surface area contributed by atoms with Gasteiger partial charge in [0.1, 0.15) is 6.04 Å². The summed E-state index contributed by atoms with van der Waals surface area (Å²) < 4.78 is 5.04. The van der Waals surface area contributed by atoms with E-state index in [2.05, 4.69) is 18.7 Å². The van der Waals surface area contributed by atoms with E-state index in [0.29, 0.717) is 12.5 Å². The van der Waals surface area contributed by atoms with Crippen LogP contribution in [0.1, 0.15) is 40.0 Å². The molecule has 1 saturated heterocycles. The molecule has 0 radical (unpaired) electrons. The van der Waals surface area contributed by atoms with Crippen LogP contribution in [0.4, 0.5) is 0 Å². The lowest BCUT2D eigenvalue weighted by atomic mass is 9.93. The molecule has 1 rings (SSSR count). The second kappa shape index (κ2) is 6.97. The molecule has 0 aromatic heterocycles. The summed E-state index contributed by atoms with van der Waals surface area (Å²) in [7, 11) is 0. The second-order valence-electron chi connectivity index (χ2n) is 5.11. The zero-order valence-electron chi connectivity index (χ0n) is 11.3. The molecule has 0 spiro atoms. The minimum atomic E-state index is -0.520. The Kier molecular flexibility index (Phi) is 5.92. The third-order valence-corrected chi connectivity index (χ3v) is 3.42. The minimum Gasteiger partial charge on any atom is -0.465 e. The molecule has 1 aliphatic rings. The molecule has 1 heterocycles. The standard InChI is InChI=1S/C13H26N2O2/c1-4-17-13(16)11(14)12(10(2)3)15-8-6-5-7-9-15/h10-12H,4-9,14H2,1-3H3/t11-,12-/m0/s1. The van der Waals surface area contributed by atoms with Crippen molar-refractivity contribution in [3.05, 3.63) is 0 Å². The zero-order valence-corrected chi connectivity index (χ0v) is 11.3. The number of esters is 1. The summed E-state index contributed by atoms with van der Waals surface area (Å²) in [4.78, 5) is 14.1. The zero-order chi connectivity index (χ0) is 12.8. The molecule has 0 saturated carbocycles. The first-order valence-corrected chi connectivity index (χ1v) is 6.74. The van der Waals surface area contributed by atoms with Crippen molar-refractivity contribution >= 4 is 5.97 Å². The number of hydrogen-bond acceptors (Lipinski definition) is 4. The molecule has 0 bridgehead atoms. The lowest BCUT2D eigenvalue weighted by Gasteiger charge is -2.39. The highest BCUT2D eigenvalue weighted by Crippen LogP contribution is 2.20. The predicted octanol–water partition coefficient (Wildman–Crippen LogP) is 1.39. The first kappa shape index (κ1) is 14.5. The molecule has 0 amide bonds. The van der Waals surface area contributed by atoms with Crippen LogP contribution in [0.3, 0.4) is 0 Å². The number of piperidine rings is 1. The van der Waals surface area contributed by atoms with Gasteiger partial charge in [0, 0.05) is 6.04 Å². The summed E-state index contributed by atoms with van der Waals surface area (Å²) in [5.41, 5.74) is 6.06. The summed E-state index contributed by atoms with van der Waals surface area (Å²) in [5.74, 6) is 0.101. The number of hydrogen-bond donors (Lipinski definition) is 1. The van der Waals surface area contributed by atoms with Gasteiger partial charge in [-0.25, -0.2) is 0 Å². The number of likely N-dealkylation sites (tertiary alicyclic amines) is 1. The number of nitrogens with zero attached hydrogens (tertiary/aromatic N) is 1. The van der Waals surface area contributed by atoms with E-state index in [-0.39, 0.29) is 12.0 Å². The Balaban J connectivity index is 2.66. The van der Waals surface area contributed by atoms with Crippen molar-refractivity contribution in [1.29, 1.82) is 0 Å². The summed E-state index contributed by atoms with van der Waals surface area (Å²) in [6.07, 6.45) is 3.70. The predicted molar refractivity (Wildman–Crippen MR) is 68.7 cm³/mol. The molecule has 17 heavy (non-hydrogen) atoms. The SMILES string of the molecule is CCOC(=O)[C@@H](N)[C@H](C(C)C)N1CCCCC1. The summed E-state index contributed by atoms with van der Waals surface area (Å²) in [6.45, 7) is 8.57. The molecule has 0 aromatic rings. The van der Waals surface area contributed by atoms with Gasteiger partial charge in [0.2, 0.25) is 0 Å². The van der Waals surface area contributed by atoms with Crippen molar-refractivity contribution in [3.63, 3.8) is 0 Å². The highest BCUT2D eigenvalue weighted by molar-refractivity contribution is 5.76. The van der Waals surface area contributed by atoms with Gasteiger partial charge in [0.15, 0.2) is 0 Å². The summed E-state index contributed by atoms with van der Waals surface area (Å²) >= 11 is 0. The number of nitrogens with two attached hydrogens (primary N) is 1. The fourth-order valence-electron chi connectivity index (χ4n) is 2.66. The van der Waals surface area contributed by atoms with Crippen LogP contribution in [0, 0.1) is 5.92 Å². The van der Waals surface area contributed by atoms with E-state index in [1.54, 1.807) is 0 Å². The third kappa shape index (κ3) is 3.96. The van der Waals surface area contributed by atoms with Gasteiger partial charge in [-0.1, -0.05) is 20.3 Å². The van der Waals surface area contributed by atoms with Crippen molar-refractivity contribution in [3.8, 4) is 0 Å². The van der Waals surface area contributed by atoms with Crippen molar-refractivity contribution in [2.24, 2.45) is 11.7 Å². The van der Waals surface area contributed by atoms with Gasteiger partial charge in [0.25, 0.3) is 0 Å². The first-order valence-electron chi connectivity index (χ1n) is 6.74. The smallest absolute Gasteiger partial charge is 0.324 e. The van der Waals surface area contributed by atoms with Gasteiger partial charge in [0.05, 0.1) is 6.61 Å². The van der Waals surface area contributed by atoms with E-state index in [1.165, 1.54) is 19.3 Å². The molecule has 4 heteroatoms. The number of carbonyl (C=O) groups excluding carboxylic acids is 1. The van der Waals surface area contributed by atoms with Crippen LogP contribution < -0.4 is 5.73 Å². The van der Waals surface area contributed by atoms with Crippen LogP contribution in [-0.2, 0) is 9.53 Å². The van der Waals surface area contributed by atoms with E-state index in [4.69, 9.17) is 10.5 Å². The maximum atomic E-state index is 11.8. The molecule has 1 fully saturated rings. The van der Waals surface area contributed by atoms with Gasteiger partial charge in [-0.3, -0.25) is 9.69 Å². The Morgan fingerprint density at radius 1 is 1.29 bits per heavy atom. The van der Waals surface area contributed by atoms with Crippen LogP contribution in [0.15, 0.2) is 0 Å². The maximum absolute atomic E-state index is 11.8. The van der Waals surface area contributed by atoms with Crippen molar-refractivity contribution in [2.45, 2.75) is 52.1 Å². The molecule has 2 N–H and O–H groups in total. The molecule has 0 aliphatic carbocycles. The largest absolute Gasteiger partial charge is 0.465 e. The van der Waals surface area contributed by atoms with E-state index >= 15 is 0 Å². The Morgan fingerprint density at radius 3 is 2.35 bits per heavy atom. The average molecular weight is 242 g/mol. The van der Waals surface area contributed by atoms with Crippen LogP contribution in [0.2, 0.25) is 0 Å². The molecule has 1 aliphatic heterocycles. The molecule has 4 nitrogen and oxygen atoms in total. The van der Waals surface area contributed by atoms with Gasteiger partial charge < -0.3 is 10.5 Å². The van der Waals surface area contributed by atoms with E-state index in [0.717, 1.165) is 13.1 Å². The highest BCUT2D eigenvalue weighted by atomic mass is 16.5. The van der Waals surface area contributed by atoms with E-state index < -0.39 is 6.04 Å². The van der Waals surface area contributed by atoms with Crippen molar-refractivity contribution < 1.29 is 9.53 Å². The third-order valence-electron chi connectivity index (χ3n) is 3.42. The van der Waals surface area contributed by atoms with Crippen LogP contribution in [0.25, 0.3) is 0 Å². The Hall–Kier alpha value is -0.610. The minimum absolute atomic E-state index is 0.106. The normalized spacial score (nSPS) is 21.2. The highest BCUT2D eigenvalue weighted by Gasteiger charge is 2.33. The van der Waals surface area contributed by atoms with Crippen LogP contribution in [0.5, 0.6) is 0 Å². The summed E-state index contributed by atoms with van der Waals surface area (Å²) in [5, 5.41) is 0. The van der Waals surface area contributed by atoms with Crippen molar-refractivity contribution in [2.75, 3.05) is 19.7 Å². The Labute approximate surface area is 104 Å². The van der Waals surface area contributed by atoms with Crippen LogP contribution >= 0.6 is 0 Å². The molecule has 0 unspecified atom stereocenters. The molecule has 2 atom stereocenters. The fourth-order valence-corrected chi connectivity index (χ4v) is 2.66. The number of rotatable bonds is 5. The molecular weight excluding hydrogens is 216 g/mol. The topological polar surface area (TPSA) is 55.6 Å². The van der Waals surface area contributed by atoms with E-state index in [1.807, 2.05) is 6.92 Å². The van der Waals surface area contributed by atoms with Gasteiger partial charge >= 0.3 is 5.97 Å². The molecular formula is C13H26N2O2. The monoisotopic (exact) mass is 242 g/mol. The van der Waals surface area contributed by atoms with Crippen molar-refractivity contribution in [1.82, 2.24) is 4.90 Å². The fraction of sp³-hybridized carbons (Fsp3) is 0.923. The van der Waals surface area contributed by atoms with Gasteiger partial charge in [-0.15, -0.1) is 0 Å². The van der Waals surface area contributed by atoms with Gasteiger partial charge in [-0.05, 0) is 38.8 Å². The summed E-state index contributed by atoms with van der Waals surface area (Å²) in [6, 6.07) is -0.414.